The number of hydrogen-bond acceptors (Lipinski definition) is 7. The molecular formula is C32H32F2N6O5. The molecule has 3 amide bonds. The molecule has 0 spiro atoms. The number of aromatic nitrogens is 3. The molecule has 1 aliphatic rings. The Hall–Kier alpha value is -5.33. The number of carbonyl (C=O) groups excluding carboxylic acids is 3. The van der Waals surface area contributed by atoms with Crippen LogP contribution in [0.25, 0.3) is 11.4 Å². The highest BCUT2D eigenvalue weighted by Crippen LogP contribution is 2.23. The lowest BCUT2D eigenvalue weighted by atomic mass is 10.1. The minimum absolute atomic E-state index is 0.0800. The lowest BCUT2D eigenvalue weighted by Crippen LogP contribution is -2.43. The third-order valence-corrected chi connectivity index (χ3v) is 7.14. The van der Waals surface area contributed by atoms with E-state index in [0.717, 1.165) is 22.6 Å². The fourth-order valence-electron chi connectivity index (χ4n) is 4.91. The fourth-order valence-corrected chi connectivity index (χ4v) is 4.91. The van der Waals surface area contributed by atoms with Crippen LogP contribution in [-0.4, -0.2) is 70.7 Å². The van der Waals surface area contributed by atoms with Crippen molar-refractivity contribution in [2.75, 3.05) is 33.4 Å². The second-order valence-corrected chi connectivity index (χ2v) is 10.4. The van der Waals surface area contributed by atoms with E-state index in [1.807, 2.05) is 30.3 Å². The van der Waals surface area contributed by atoms with Gasteiger partial charge in [0.05, 0.1) is 26.2 Å². The van der Waals surface area contributed by atoms with Gasteiger partial charge in [0.1, 0.15) is 41.1 Å². The Kier molecular flexibility index (Phi) is 9.66. The van der Waals surface area contributed by atoms with Gasteiger partial charge in [0.25, 0.3) is 11.8 Å². The molecule has 45 heavy (non-hydrogen) atoms. The second kappa shape index (κ2) is 14.0. The van der Waals surface area contributed by atoms with Crippen molar-refractivity contribution in [1.29, 1.82) is 0 Å². The Morgan fingerprint density at radius 3 is 2.47 bits per heavy atom. The van der Waals surface area contributed by atoms with Gasteiger partial charge in [-0.15, -0.1) is 0 Å². The van der Waals surface area contributed by atoms with Gasteiger partial charge in [0.15, 0.2) is 5.82 Å². The van der Waals surface area contributed by atoms with E-state index in [1.165, 1.54) is 7.11 Å². The van der Waals surface area contributed by atoms with Crippen LogP contribution in [0, 0.1) is 11.6 Å². The van der Waals surface area contributed by atoms with Crippen LogP contribution in [0.2, 0.25) is 0 Å². The van der Waals surface area contributed by atoms with Gasteiger partial charge in [-0.3, -0.25) is 14.4 Å². The molecule has 13 heteroatoms. The van der Waals surface area contributed by atoms with Crippen LogP contribution in [0.4, 0.5) is 8.78 Å². The number of halogens is 2. The number of ether oxygens (including phenoxy) is 2. The molecule has 11 nitrogen and oxygen atoms in total. The molecule has 3 aromatic carbocycles. The van der Waals surface area contributed by atoms with Gasteiger partial charge in [-0.05, 0) is 31.5 Å². The van der Waals surface area contributed by atoms with Gasteiger partial charge in [-0.1, -0.05) is 36.4 Å². The van der Waals surface area contributed by atoms with E-state index < -0.39 is 41.6 Å². The number of nitrogens with zero attached hydrogens (tertiary/aromatic N) is 4. The zero-order valence-corrected chi connectivity index (χ0v) is 24.8. The van der Waals surface area contributed by atoms with Crippen LogP contribution in [0.15, 0.2) is 66.7 Å². The molecule has 4 aromatic rings. The van der Waals surface area contributed by atoms with E-state index >= 15 is 0 Å². The molecule has 0 aliphatic carbocycles. The van der Waals surface area contributed by atoms with Crippen molar-refractivity contribution >= 4 is 17.7 Å². The van der Waals surface area contributed by atoms with E-state index in [-0.39, 0.29) is 44.3 Å². The van der Waals surface area contributed by atoms with Crippen molar-refractivity contribution in [3.05, 3.63) is 95.3 Å². The summed E-state index contributed by atoms with van der Waals surface area (Å²) in [6.07, 6.45) is 0.199. The minimum Gasteiger partial charge on any atom is -0.497 e. The molecule has 1 aliphatic heterocycles. The van der Waals surface area contributed by atoms with E-state index in [9.17, 15) is 23.2 Å². The zero-order valence-electron chi connectivity index (χ0n) is 24.8. The maximum absolute atomic E-state index is 14.9. The number of hydrogen-bond donors (Lipinski definition) is 2. The Labute approximate surface area is 258 Å². The molecule has 2 N–H and O–H groups in total. The largest absolute Gasteiger partial charge is 0.497 e. The van der Waals surface area contributed by atoms with Gasteiger partial charge in [-0.25, -0.2) is 18.4 Å². The number of methoxy groups -OCH3 is 1. The summed E-state index contributed by atoms with van der Waals surface area (Å²) in [6, 6.07) is 17.2. The van der Waals surface area contributed by atoms with E-state index in [4.69, 9.17) is 9.47 Å². The molecule has 0 saturated heterocycles. The first-order valence-corrected chi connectivity index (χ1v) is 14.4. The summed E-state index contributed by atoms with van der Waals surface area (Å²) in [5.41, 5.74) is 0.325. The monoisotopic (exact) mass is 618 g/mol. The van der Waals surface area contributed by atoms with Crippen LogP contribution in [0.1, 0.15) is 45.9 Å². The third-order valence-electron chi connectivity index (χ3n) is 7.14. The van der Waals surface area contributed by atoms with Crippen LogP contribution in [-0.2, 0) is 11.3 Å². The summed E-state index contributed by atoms with van der Waals surface area (Å²) in [6.45, 7) is 1.73. The van der Waals surface area contributed by atoms with Crippen molar-refractivity contribution < 1.29 is 32.6 Å². The van der Waals surface area contributed by atoms with Gasteiger partial charge >= 0.3 is 0 Å². The van der Waals surface area contributed by atoms with Crippen LogP contribution in [0.3, 0.4) is 0 Å². The van der Waals surface area contributed by atoms with Crippen molar-refractivity contribution in [1.82, 2.24) is 30.3 Å². The first-order chi connectivity index (χ1) is 21.7. The van der Waals surface area contributed by atoms with Crippen molar-refractivity contribution in [3.63, 3.8) is 0 Å². The lowest BCUT2D eigenvalue weighted by Gasteiger charge is -2.24. The number of amides is 3. The number of rotatable bonds is 3. The molecular weight excluding hydrogens is 586 g/mol. The summed E-state index contributed by atoms with van der Waals surface area (Å²) in [5, 5.41) is 10.2. The summed E-state index contributed by atoms with van der Waals surface area (Å²) in [4.78, 5) is 45.2. The van der Waals surface area contributed by atoms with Crippen molar-refractivity contribution in [2.24, 2.45) is 0 Å². The maximum Gasteiger partial charge on any atom is 0.260 e. The molecule has 2 heterocycles. The highest BCUT2D eigenvalue weighted by Gasteiger charge is 2.27. The molecule has 1 atom stereocenters. The predicted molar refractivity (Wildman–Crippen MR) is 160 cm³/mol. The first kappa shape index (κ1) is 31.1. The number of nitrogens with one attached hydrogen (secondary N) is 2. The summed E-state index contributed by atoms with van der Waals surface area (Å²) in [5.74, 6) is -2.95. The van der Waals surface area contributed by atoms with E-state index in [0.29, 0.717) is 23.0 Å². The Morgan fingerprint density at radius 1 is 1.00 bits per heavy atom. The summed E-state index contributed by atoms with van der Waals surface area (Å²) < 4.78 is 42.2. The lowest BCUT2D eigenvalue weighted by molar-refractivity contribution is -0.122. The molecule has 0 fully saturated rings. The summed E-state index contributed by atoms with van der Waals surface area (Å²) >= 11 is 0. The molecule has 0 radical (unpaired) electrons. The summed E-state index contributed by atoms with van der Waals surface area (Å²) in [7, 11) is 1.25. The number of carbonyl (C=O) groups is 3. The second-order valence-electron chi connectivity index (χ2n) is 10.4. The quantitative estimate of drug-likeness (QED) is 0.358. The SMILES string of the molecule is COc1cc(F)c(C(=O)N2CCCNC(=O)c3cccc(c3)OCCn3nc(-c4ccccc4)nc3[C@H](C)NC(=O)C2)c(F)c1. The van der Waals surface area contributed by atoms with Crippen molar-refractivity contribution in [3.8, 4) is 22.9 Å². The number of fused-ring (bicyclic) bond motifs is 3. The molecule has 2 bridgehead atoms. The van der Waals surface area contributed by atoms with Gasteiger partial charge in [-0.2, -0.15) is 5.10 Å². The van der Waals surface area contributed by atoms with Gasteiger partial charge in [0.2, 0.25) is 5.91 Å². The minimum atomic E-state index is -1.12. The first-order valence-electron chi connectivity index (χ1n) is 14.4. The van der Waals surface area contributed by atoms with Crippen LogP contribution >= 0.6 is 0 Å². The predicted octanol–water partition coefficient (Wildman–Crippen LogP) is 3.76. The van der Waals surface area contributed by atoms with E-state index in [1.54, 1.807) is 35.9 Å². The van der Waals surface area contributed by atoms with Gasteiger partial charge in [0, 0.05) is 36.3 Å². The molecule has 0 unspecified atom stereocenters. The molecule has 0 saturated carbocycles. The Bertz CT molecular complexity index is 1670. The van der Waals surface area contributed by atoms with E-state index in [2.05, 4.69) is 20.7 Å². The Balaban J connectivity index is 1.46. The molecule has 5 rings (SSSR count). The molecule has 1 aromatic heterocycles. The smallest absolute Gasteiger partial charge is 0.260 e. The topological polar surface area (TPSA) is 128 Å². The Morgan fingerprint density at radius 2 is 1.73 bits per heavy atom. The van der Waals surface area contributed by atoms with Gasteiger partial charge < -0.3 is 25.0 Å². The van der Waals surface area contributed by atoms with Crippen molar-refractivity contribution in [2.45, 2.75) is 25.9 Å². The fraction of sp³-hybridized carbons (Fsp3) is 0.281. The highest BCUT2D eigenvalue weighted by atomic mass is 19.1. The number of benzene rings is 3. The third kappa shape index (κ3) is 7.43. The van der Waals surface area contributed by atoms with Crippen LogP contribution < -0.4 is 20.1 Å². The average molecular weight is 619 g/mol. The maximum atomic E-state index is 14.9. The van der Waals surface area contributed by atoms with Crippen LogP contribution in [0.5, 0.6) is 11.5 Å². The molecule has 234 valence electrons. The standard InChI is InChI=1S/C32H32F2N6O5/c1-20-30-37-29(21-8-4-3-5-9-21)38-40(30)14-15-45-23-11-6-10-22(16-23)31(42)35-12-7-13-39(19-27(41)36-20)32(43)28-25(33)17-24(44-2)18-26(28)34/h3-6,8-11,16-18,20H,7,12-15,19H2,1-2H3,(H,35,42)(H,36,41)/t20-/m0/s1. The average Bonchev–Trinajstić information content (AvgIpc) is 3.46. The zero-order chi connectivity index (χ0) is 31.9. The normalized spacial score (nSPS) is 16.4. The highest BCUT2D eigenvalue weighted by molar-refractivity contribution is 5.97.